The molecule has 0 atom stereocenters. The first-order valence-electron chi connectivity index (χ1n) is 6.96. The smallest absolute Gasteiger partial charge is 0.151 e. The lowest BCUT2D eigenvalue weighted by atomic mass is 9.99. The van der Waals surface area contributed by atoms with E-state index in [2.05, 4.69) is 43.0 Å². The number of aryl methyl sites for hydroxylation is 1. The van der Waals surface area contributed by atoms with E-state index in [1.54, 1.807) is 0 Å². The summed E-state index contributed by atoms with van der Waals surface area (Å²) in [5.74, 6) is 1.01. The molecule has 0 radical (unpaired) electrons. The standard InChI is InChI=1S/C14H26ClN3/c1-5-7-8-12-17-11(13(15)18-12)10-16-14(3,4)9-6-2/h16H,5-10H2,1-4H3,(H,17,18). The molecule has 0 aliphatic rings. The minimum atomic E-state index is 0.146. The van der Waals surface area contributed by atoms with Gasteiger partial charge < -0.3 is 10.3 Å². The van der Waals surface area contributed by atoms with E-state index < -0.39 is 0 Å². The number of nitrogens with one attached hydrogen (secondary N) is 2. The van der Waals surface area contributed by atoms with Crippen molar-refractivity contribution < 1.29 is 0 Å². The summed E-state index contributed by atoms with van der Waals surface area (Å²) in [5.41, 5.74) is 1.15. The molecule has 1 rings (SSSR count). The quantitative estimate of drug-likeness (QED) is 0.748. The minimum absolute atomic E-state index is 0.146. The Bertz CT molecular complexity index is 358. The zero-order chi connectivity index (χ0) is 13.6. The van der Waals surface area contributed by atoms with Crippen LogP contribution in [0.2, 0.25) is 5.15 Å². The number of imidazole rings is 1. The van der Waals surface area contributed by atoms with E-state index in [1.807, 2.05) is 0 Å². The maximum atomic E-state index is 6.15. The van der Waals surface area contributed by atoms with Crippen LogP contribution in [0.15, 0.2) is 0 Å². The molecule has 4 heteroatoms. The van der Waals surface area contributed by atoms with Gasteiger partial charge in [0.05, 0.1) is 5.69 Å². The zero-order valence-corrected chi connectivity index (χ0v) is 12.8. The first-order chi connectivity index (χ1) is 8.48. The van der Waals surface area contributed by atoms with Crippen molar-refractivity contribution in [3.05, 3.63) is 16.7 Å². The van der Waals surface area contributed by atoms with Crippen molar-refractivity contribution in [1.82, 2.24) is 15.3 Å². The average molecular weight is 272 g/mol. The summed E-state index contributed by atoms with van der Waals surface area (Å²) in [5, 5.41) is 4.14. The highest BCUT2D eigenvalue weighted by atomic mass is 35.5. The van der Waals surface area contributed by atoms with Crippen molar-refractivity contribution in [3.63, 3.8) is 0 Å². The highest BCUT2D eigenvalue weighted by molar-refractivity contribution is 6.30. The number of hydrogen-bond donors (Lipinski definition) is 2. The van der Waals surface area contributed by atoms with Gasteiger partial charge in [0.2, 0.25) is 0 Å². The van der Waals surface area contributed by atoms with Gasteiger partial charge in [-0.3, -0.25) is 0 Å². The summed E-state index contributed by atoms with van der Waals surface area (Å²) in [4.78, 5) is 7.69. The number of rotatable bonds is 8. The predicted molar refractivity (Wildman–Crippen MR) is 78.0 cm³/mol. The average Bonchev–Trinajstić information content (AvgIpc) is 2.65. The molecule has 0 saturated carbocycles. The SMILES string of the molecule is CCCCc1nc(Cl)c(CNC(C)(C)CCC)[nH]1. The van der Waals surface area contributed by atoms with Gasteiger partial charge in [0.25, 0.3) is 0 Å². The fraction of sp³-hybridized carbons (Fsp3) is 0.786. The molecule has 18 heavy (non-hydrogen) atoms. The van der Waals surface area contributed by atoms with Crippen LogP contribution in [0.4, 0.5) is 0 Å². The van der Waals surface area contributed by atoms with Crippen LogP contribution < -0.4 is 5.32 Å². The third-order valence-corrected chi connectivity index (χ3v) is 3.48. The summed E-state index contributed by atoms with van der Waals surface area (Å²) in [6.45, 7) is 9.58. The summed E-state index contributed by atoms with van der Waals surface area (Å²) in [6, 6.07) is 0. The molecule has 0 fully saturated rings. The van der Waals surface area contributed by atoms with Gasteiger partial charge in [-0.25, -0.2) is 4.98 Å². The normalized spacial score (nSPS) is 12.1. The summed E-state index contributed by atoms with van der Waals surface area (Å²) in [7, 11) is 0. The van der Waals surface area contributed by atoms with Gasteiger partial charge in [-0.2, -0.15) is 0 Å². The Labute approximate surface area is 116 Å². The lowest BCUT2D eigenvalue weighted by Gasteiger charge is -2.25. The van der Waals surface area contributed by atoms with Gasteiger partial charge in [-0.15, -0.1) is 0 Å². The van der Waals surface area contributed by atoms with E-state index in [9.17, 15) is 0 Å². The number of H-pyrrole nitrogens is 1. The summed E-state index contributed by atoms with van der Waals surface area (Å²) in [6.07, 6.45) is 5.64. The molecule has 0 amide bonds. The van der Waals surface area contributed by atoms with E-state index in [1.165, 1.54) is 12.8 Å². The van der Waals surface area contributed by atoms with Crippen molar-refractivity contribution in [2.45, 2.75) is 71.9 Å². The molecule has 0 spiro atoms. The molecule has 0 aliphatic carbocycles. The molecule has 1 aromatic heterocycles. The van der Waals surface area contributed by atoms with Gasteiger partial charge in [0.15, 0.2) is 5.15 Å². The second kappa shape index (κ2) is 7.15. The highest BCUT2D eigenvalue weighted by Gasteiger charge is 2.17. The van der Waals surface area contributed by atoms with Crippen LogP contribution in [-0.2, 0) is 13.0 Å². The minimum Gasteiger partial charge on any atom is -0.344 e. The Kier molecular flexibility index (Phi) is 6.16. The molecule has 3 nitrogen and oxygen atoms in total. The van der Waals surface area contributed by atoms with E-state index in [0.717, 1.165) is 37.3 Å². The van der Waals surface area contributed by atoms with Gasteiger partial charge in [0.1, 0.15) is 5.82 Å². The van der Waals surface area contributed by atoms with Gasteiger partial charge in [-0.1, -0.05) is 38.3 Å². The molecule has 0 bridgehead atoms. The second-order valence-corrected chi connectivity index (χ2v) is 5.90. The molecular formula is C14H26ClN3. The van der Waals surface area contributed by atoms with Gasteiger partial charge in [-0.05, 0) is 26.7 Å². The molecule has 0 aliphatic heterocycles. The Balaban J connectivity index is 2.54. The molecular weight excluding hydrogens is 246 g/mol. The monoisotopic (exact) mass is 271 g/mol. The second-order valence-electron chi connectivity index (χ2n) is 5.54. The van der Waals surface area contributed by atoms with Crippen molar-refractivity contribution in [1.29, 1.82) is 0 Å². The summed E-state index contributed by atoms with van der Waals surface area (Å²) < 4.78 is 0. The maximum Gasteiger partial charge on any atom is 0.151 e. The van der Waals surface area contributed by atoms with Crippen LogP contribution in [0.25, 0.3) is 0 Å². The topological polar surface area (TPSA) is 40.7 Å². The van der Waals surface area contributed by atoms with E-state index in [-0.39, 0.29) is 5.54 Å². The van der Waals surface area contributed by atoms with Crippen LogP contribution in [-0.4, -0.2) is 15.5 Å². The number of aromatic nitrogens is 2. The first-order valence-corrected chi connectivity index (χ1v) is 7.34. The fourth-order valence-corrected chi connectivity index (χ4v) is 2.28. The Morgan fingerprint density at radius 1 is 1.28 bits per heavy atom. The van der Waals surface area contributed by atoms with Gasteiger partial charge >= 0.3 is 0 Å². The molecule has 0 saturated heterocycles. The van der Waals surface area contributed by atoms with Crippen molar-refractivity contribution in [2.75, 3.05) is 0 Å². The number of unbranched alkanes of at least 4 members (excludes halogenated alkanes) is 1. The van der Waals surface area contributed by atoms with Crippen molar-refractivity contribution in [2.24, 2.45) is 0 Å². The molecule has 1 aromatic rings. The largest absolute Gasteiger partial charge is 0.344 e. The number of aromatic amines is 1. The van der Waals surface area contributed by atoms with Crippen LogP contribution in [0, 0.1) is 0 Å². The lowest BCUT2D eigenvalue weighted by molar-refractivity contribution is 0.355. The van der Waals surface area contributed by atoms with E-state index in [0.29, 0.717) is 5.15 Å². The molecule has 1 heterocycles. The molecule has 0 aromatic carbocycles. The number of nitrogens with zero attached hydrogens (tertiary/aromatic N) is 1. The Morgan fingerprint density at radius 3 is 2.61 bits per heavy atom. The molecule has 104 valence electrons. The van der Waals surface area contributed by atoms with E-state index in [4.69, 9.17) is 11.6 Å². The first kappa shape index (κ1) is 15.5. The highest BCUT2D eigenvalue weighted by Crippen LogP contribution is 2.17. The molecule has 2 N–H and O–H groups in total. The Hall–Kier alpha value is -0.540. The lowest BCUT2D eigenvalue weighted by Crippen LogP contribution is -2.38. The third-order valence-electron chi connectivity index (χ3n) is 3.16. The number of halogens is 1. The van der Waals surface area contributed by atoms with Gasteiger partial charge in [0, 0.05) is 18.5 Å². The predicted octanol–water partition coefficient (Wildman–Crippen LogP) is 4.07. The maximum absolute atomic E-state index is 6.15. The fourth-order valence-electron chi connectivity index (χ4n) is 2.06. The van der Waals surface area contributed by atoms with Crippen molar-refractivity contribution >= 4 is 11.6 Å². The third kappa shape index (κ3) is 4.99. The van der Waals surface area contributed by atoms with Crippen LogP contribution in [0.5, 0.6) is 0 Å². The van der Waals surface area contributed by atoms with Crippen LogP contribution in [0.3, 0.4) is 0 Å². The van der Waals surface area contributed by atoms with Crippen LogP contribution >= 0.6 is 11.6 Å². The van der Waals surface area contributed by atoms with Crippen molar-refractivity contribution in [3.8, 4) is 0 Å². The Morgan fingerprint density at radius 2 is 2.00 bits per heavy atom. The number of hydrogen-bond acceptors (Lipinski definition) is 2. The van der Waals surface area contributed by atoms with Crippen LogP contribution in [0.1, 0.15) is 64.9 Å². The zero-order valence-electron chi connectivity index (χ0n) is 12.1. The summed E-state index contributed by atoms with van der Waals surface area (Å²) >= 11 is 6.15. The van der Waals surface area contributed by atoms with E-state index >= 15 is 0 Å². The molecule has 0 unspecified atom stereocenters.